The number of hydrogen-bond acceptors (Lipinski definition) is 6. The average molecular weight is 436 g/mol. The van der Waals surface area contributed by atoms with E-state index in [2.05, 4.69) is 0 Å². The topological polar surface area (TPSA) is 112 Å². The number of nitro benzene ring substituents is 1. The molecular weight excluding hydrogens is 421 g/mol. The fraction of sp³-hybridized carbons (Fsp3) is 0.200. The van der Waals surface area contributed by atoms with E-state index in [9.17, 15) is 32.9 Å². The third kappa shape index (κ3) is 4.49. The lowest BCUT2D eigenvalue weighted by Crippen LogP contribution is -2.30. The number of halogens is 3. The number of fused-ring (bicyclic) bond motifs is 1. The molecule has 0 spiro atoms. The summed E-state index contributed by atoms with van der Waals surface area (Å²) in [6, 6.07) is 8.72. The minimum absolute atomic E-state index is 0.132. The number of furan rings is 1. The minimum atomic E-state index is -4.96. The van der Waals surface area contributed by atoms with Crippen LogP contribution >= 0.6 is 0 Å². The fourth-order valence-corrected chi connectivity index (χ4v) is 2.86. The van der Waals surface area contributed by atoms with E-state index in [0.717, 1.165) is 12.1 Å². The average Bonchev–Trinajstić information content (AvgIpc) is 3.04. The Hall–Kier alpha value is -3.89. The van der Waals surface area contributed by atoms with Gasteiger partial charge in [0, 0.05) is 23.1 Å². The highest BCUT2D eigenvalue weighted by atomic mass is 19.4. The van der Waals surface area contributed by atoms with Gasteiger partial charge in [0.1, 0.15) is 5.58 Å². The molecule has 1 atom stereocenters. The van der Waals surface area contributed by atoms with Gasteiger partial charge in [-0.05, 0) is 26.0 Å². The number of carbonyl (C=O) groups is 2. The van der Waals surface area contributed by atoms with Gasteiger partial charge in [-0.1, -0.05) is 18.2 Å². The van der Waals surface area contributed by atoms with E-state index in [1.807, 2.05) is 5.32 Å². The summed E-state index contributed by atoms with van der Waals surface area (Å²) in [4.78, 5) is 34.5. The van der Waals surface area contributed by atoms with Crippen LogP contribution in [-0.2, 0) is 15.7 Å². The van der Waals surface area contributed by atoms with Gasteiger partial charge >= 0.3 is 12.1 Å². The maximum absolute atomic E-state index is 13.2. The highest BCUT2D eigenvalue weighted by molar-refractivity contribution is 5.99. The summed E-state index contributed by atoms with van der Waals surface area (Å²) in [5.41, 5.74) is -1.97. The molecule has 31 heavy (non-hydrogen) atoms. The first-order valence-corrected chi connectivity index (χ1v) is 8.84. The molecule has 2 aromatic carbocycles. The van der Waals surface area contributed by atoms with Gasteiger partial charge in [0.2, 0.25) is 5.76 Å². The molecule has 0 saturated carbocycles. The van der Waals surface area contributed by atoms with Crippen LogP contribution < -0.4 is 5.32 Å². The number of non-ortho nitro benzene ring substituents is 1. The van der Waals surface area contributed by atoms with Crippen molar-refractivity contribution >= 4 is 34.2 Å². The molecule has 11 heteroatoms. The maximum Gasteiger partial charge on any atom is 0.418 e. The molecule has 0 aliphatic carbocycles. The number of benzene rings is 2. The zero-order valence-electron chi connectivity index (χ0n) is 16.1. The number of nitro groups is 1. The van der Waals surface area contributed by atoms with Crippen molar-refractivity contribution in [2.75, 3.05) is 5.32 Å². The van der Waals surface area contributed by atoms with E-state index in [0.29, 0.717) is 22.6 Å². The van der Waals surface area contributed by atoms with Crippen molar-refractivity contribution in [2.24, 2.45) is 0 Å². The lowest BCUT2D eigenvalue weighted by atomic mass is 10.1. The molecule has 0 saturated heterocycles. The summed E-state index contributed by atoms with van der Waals surface area (Å²) in [6.45, 7) is 2.80. The molecule has 162 valence electrons. The SMILES string of the molecule is Cc1c(C(=O)O[C@@H](C)C(=O)Nc2ccc([N+](=O)[O-])cc2C(F)(F)F)oc2ccccc12. The molecule has 0 aliphatic heterocycles. The number of rotatable bonds is 5. The molecule has 1 aromatic heterocycles. The van der Waals surface area contributed by atoms with E-state index < -0.39 is 46.0 Å². The van der Waals surface area contributed by atoms with Crippen LogP contribution in [0.1, 0.15) is 28.6 Å². The van der Waals surface area contributed by atoms with Crippen molar-refractivity contribution in [2.45, 2.75) is 26.1 Å². The zero-order chi connectivity index (χ0) is 22.9. The summed E-state index contributed by atoms with van der Waals surface area (Å²) in [5, 5.41) is 13.4. The van der Waals surface area contributed by atoms with Crippen LogP contribution in [-0.4, -0.2) is 22.9 Å². The number of nitrogens with zero attached hydrogens (tertiary/aromatic N) is 1. The van der Waals surface area contributed by atoms with Gasteiger partial charge in [-0.2, -0.15) is 13.2 Å². The lowest BCUT2D eigenvalue weighted by Gasteiger charge is -2.16. The number of aryl methyl sites for hydroxylation is 1. The van der Waals surface area contributed by atoms with Gasteiger partial charge in [-0.3, -0.25) is 14.9 Å². The van der Waals surface area contributed by atoms with Crippen molar-refractivity contribution in [1.29, 1.82) is 0 Å². The van der Waals surface area contributed by atoms with Gasteiger partial charge in [-0.25, -0.2) is 4.79 Å². The molecule has 1 heterocycles. The first-order valence-electron chi connectivity index (χ1n) is 8.84. The van der Waals surface area contributed by atoms with Crippen LogP contribution in [0.4, 0.5) is 24.5 Å². The highest BCUT2D eigenvalue weighted by Crippen LogP contribution is 2.37. The van der Waals surface area contributed by atoms with Crippen LogP contribution in [0.2, 0.25) is 0 Å². The van der Waals surface area contributed by atoms with Gasteiger partial charge < -0.3 is 14.5 Å². The molecule has 0 fully saturated rings. The van der Waals surface area contributed by atoms with Crippen molar-refractivity contribution < 1.29 is 36.8 Å². The molecule has 8 nitrogen and oxygen atoms in total. The molecular formula is C20H15F3N2O6. The van der Waals surface area contributed by atoms with E-state index in [-0.39, 0.29) is 5.76 Å². The number of carbonyl (C=O) groups excluding carboxylic acids is 2. The standard InChI is InChI=1S/C20H15F3N2O6/c1-10-13-5-3-4-6-16(13)31-17(10)19(27)30-11(2)18(26)24-15-8-7-12(25(28)29)9-14(15)20(21,22)23/h3-9,11H,1-2H3,(H,24,26)/t11-/m0/s1. The summed E-state index contributed by atoms with van der Waals surface area (Å²) in [6.07, 6.45) is -6.43. The van der Waals surface area contributed by atoms with E-state index in [1.165, 1.54) is 6.92 Å². The molecule has 1 N–H and O–H groups in total. The molecule has 0 bridgehead atoms. The van der Waals surface area contributed by atoms with Gasteiger partial charge in [-0.15, -0.1) is 0 Å². The third-order valence-electron chi connectivity index (χ3n) is 4.46. The Balaban J connectivity index is 1.78. The quantitative estimate of drug-likeness (QED) is 0.348. The Labute approximate surface area is 172 Å². The lowest BCUT2D eigenvalue weighted by molar-refractivity contribution is -0.385. The molecule has 0 aliphatic rings. The second-order valence-corrected chi connectivity index (χ2v) is 6.57. The number of amides is 1. The van der Waals surface area contributed by atoms with E-state index in [4.69, 9.17) is 9.15 Å². The van der Waals surface area contributed by atoms with Crippen molar-refractivity contribution in [3.8, 4) is 0 Å². The number of alkyl halides is 3. The predicted octanol–water partition coefficient (Wildman–Crippen LogP) is 4.85. The van der Waals surface area contributed by atoms with Crippen molar-refractivity contribution in [1.82, 2.24) is 0 Å². The molecule has 0 radical (unpaired) electrons. The summed E-state index contributed by atoms with van der Waals surface area (Å²) in [5.74, 6) is -2.15. The minimum Gasteiger partial charge on any atom is -0.449 e. The number of para-hydroxylation sites is 1. The number of esters is 1. The van der Waals surface area contributed by atoms with E-state index in [1.54, 1.807) is 31.2 Å². The van der Waals surface area contributed by atoms with Crippen molar-refractivity contribution in [3.05, 3.63) is 69.5 Å². The third-order valence-corrected chi connectivity index (χ3v) is 4.46. The number of anilines is 1. The fourth-order valence-electron chi connectivity index (χ4n) is 2.86. The number of nitrogens with one attached hydrogen (secondary N) is 1. The van der Waals surface area contributed by atoms with Crippen LogP contribution in [0.15, 0.2) is 46.9 Å². The Kier molecular flexibility index (Phi) is 5.69. The second kappa shape index (κ2) is 8.09. The molecule has 1 amide bonds. The molecule has 3 rings (SSSR count). The highest BCUT2D eigenvalue weighted by Gasteiger charge is 2.36. The van der Waals surface area contributed by atoms with Crippen LogP contribution in [0.25, 0.3) is 11.0 Å². The molecule has 3 aromatic rings. The monoisotopic (exact) mass is 436 g/mol. The Morgan fingerprint density at radius 1 is 1.19 bits per heavy atom. The summed E-state index contributed by atoms with van der Waals surface area (Å²) < 4.78 is 50.2. The molecule has 0 unspecified atom stereocenters. The maximum atomic E-state index is 13.2. The predicted molar refractivity (Wildman–Crippen MR) is 103 cm³/mol. The van der Waals surface area contributed by atoms with Crippen LogP contribution in [0, 0.1) is 17.0 Å². The first-order chi connectivity index (χ1) is 14.5. The Morgan fingerprint density at radius 3 is 2.48 bits per heavy atom. The van der Waals surface area contributed by atoms with Gasteiger partial charge in [0.05, 0.1) is 16.2 Å². The van der Waals surface area contributed by atoms with E-state index >= 15 is 0 Å². The Bertz CT molecular complexity index is 1190. The first kappa shape index (κ1) is 21.8. The summed E-state index contributed by atoms with van der Waals surface area (Å²) >= 11 is 0. The van der Waals surface area contributed by atoms with Crippen LogP contribution in [0.5, 0.6) is 0 Å². The van der Waals surface area contributed by atoms with Gasteiger partial charge in [0.25, 0.3) is 11.6 Å². The smallest absolute Gasteiger partial charge is 0.418 e. The second-order valence-electron chi connectivity index (χ2n) is 6.57. The summed E-state index contributed by atoms with van der Waals surface area (Å²) in [7, 11) is 0. The largest absolute Gasteiger partial charge is 0.449 e. The number of hydrogen-bond donors (Lipinski definition) is 1. The Morgan fingerprint density at radius 2 is 1.87 bits per heavy atom. The number of ether oxygens (including phenoxy) is 1. The van der Waals surface area contributed by atoms with Gasteiger partial charge in [0.15, 0.2) is 6.10 Å². The van der Waals surface area contributed by atoms with Crippen molar-refractivity contribution in [3.63, 3.8) is 0 Å². The van der Waals surface area contributed by atoms with Crippen LogP contribution in [0.3, 0.4) is 0 Å². The zero-order valence-corrected chi connectivity index (χ0v) is 16.1. The normalized spacial score (nSPS) is 12.4.